The smallest absolute Gasteiger partial charge is 0.262 e. The van der Waals surface area contributed by atoms with Crippen molar-refractivity contribution in [3.05, 3.63) is 92.6 Å². The van der Waals surface area contributed by atoms with Gasteiger partial charge in [-0.15, -0.1) is 0 Å². The van der Waals surface area contributed by atoms with Crippen LogP contribution in [0.2, 0.25) is 10.0 Å². The van der Waals surface area contributed by atoms with E-state index >= 15 is 0 Å². The fourth-order valence-corrected chi connectivity index (χ4v) is 3.84. The molecule has 0 aliphatic carbocycles. The number of carbonyl (C=O) groups is 3. The van der Waals surface area contributed by atoms with Gasteiger partial charge in [0.15, 0.2) is 0 Å². The Morgan fingerprint density at radius 2 is 1.88 bits per heavy atom. The van der Waals surface area contributed by atoms with E-state index in [9.17, 15) is 14.4 Å². The molecule has 0 unspecified atom stereocenters. The van der Waals surface area contributed by atoms with Gasteiger partial charge in [0, 0.05) is 37.0 Å². The van der Waals surface area contributed by atoms with Gasteiger partial charge in [0.1, 0.15) is 0 Å². The third-order valence-electron chi connectivity index (χ3n) is 5.36. The molecule has 2 amide bonds. The predicted molar refractivity (Wildman–Crippen MR) is 131 cm³/mol. The van der Waals surface area contributed by atoms with Crippen molar-refractivity contribution in [2.45, 2.75) is 6.54 Å². The maximum Gasteiger partial charge on any atom is 0.262 e. The first kappa shape index (κ1) is 23.5. The second kappa shape index (κ2) is 9.67. The molecule has 0 atom stereocenters. The van der Waals surface area contributed by atoms with Crippen LogP contribution in [0.15, 0.2) is 60.3 Å². The molecule has 0 saturated carbocycles. The minimum absolute atomic E-state index is 0.0326. The topological polar surface area (TPSA) is 88.6 Å². The van der Waals surface area contributed by atoms with Gasteiger partial charge >= 0.3 is 0 Å². The Hall–Kier alpha value is -3.68. The molecule has 1 N–H and O–H groups in total. The second-order valence-electron chi connectivity index (χ2n) is 7.55. The Balaban J connectivity index is 1.61. The first-order valence-electron chi connectivity index (χ1n) is 10.2. The van der Waals surface area contributed by atoms with Crippen LogP contribution < -0.4 is 15.0 Å². The van der Waals surface area contributed by atoms with Crippen molar-refractivity contribution in [3.8, 4) is 5.88 Å². The quantitative estimate of drug-likeness (QED) is 0.413. The molecule has 7 nitrogen and oxygen atoms in total. The van der Waals surface area contributed by atoms with Gasteiger partial charge in [0.25, 0.3) is 11.8 Å². The summed E-state index contributed by atoms with van der Waals surface area (Å²) in [5.41, 5.74) is 2.32. The lowest BCUT2D eigenvalue weighted by Crippen LogP contribution is -2.37. The summed E-state index contributed by atoms with van der Waals surface area (Å²) in [7, 11) is 3.09. The van der Waals surface area contributed by atoms with E-state index in [1.165, 1.54) is 24.2 Å². The second-order valence-corrected chi connectivity index (χ2v) is 8.36. The molecule has 4 rings (SSSR count). The van der Waals surface area contributed by atoms with E-state index in [1.807, 2.05) is 0 Å². The summed E-state index contributed by atoms with van der Waals surface area (Å²) >= 11 is 12.0. The molecule has 0 fully saturated rings. The fraction of sp³-hybridized carbons (Fsp3) is 0.120. The lowest BCUT2D eigenvalue weighted by Gasteiger charge is -2.27. The number of ether oxygens (including phenoxy) is 1. The molecule has 0 radical (unpaired) electrons. The summed E-state index contributed by atoms with van der Waals surface area (Å²) in [6.07, 6.45) is 3.06. The number of aromatic nitrogens is 1. The molecular formula is C25H19Cl2N3O4. The third-order valence-corrected chi connectivity index (χ3v) is 6.10. The van der Waals surface area contributed by atoms with Gasteiger partial charge in [-0.3, -0.25) is 14.4 Å². The third kappa shape index (κ3) is 4.66. The molecule has 1 aliphatic heterocycles. The Kier molecular flexibility index (Phi) is 6.68. The zero-order valence-corrected chi connectivity index (χ0v) is 19.8. The van der Waals surface area contributed by atoms with E-state index in [2.05, 4.69) is 10.3 Å². The number of rotatable bonds is 5. The molecule has 2 heterocycles. The summed E-state index contributed by atoms with van der Waals surface area (Å²) in [6, 6.07) is 13.0. The van der Waals surface area contributed by atoms with E-state index in [0.717, 1.165) is 5.56 Å². The van der Waals surface area contributed by atoms with E-state index in [4.69, 9.17) is 27.9 Å². The van der Waals surface area contributed by atoms with Crippen LogP contribution in [0.25, 0.3) is 6.08 Å². The number of hydrogen-bond donors (Lipinski definition) is 1. The minimum Gasteiger partial charge on any atom is -0.481 e. The fourth-order valence-electron chi connectivity index (χ4n) is 3.54. The van der Waals surface area contributed by atoms with Crippen LogP contribution >= 0.6 is 23.2 Å². The van der Waals surface area contributed by atoms with Crippen LogP contribution in [-0.2, 0) is 11.3 Å². The Morgan fingerprint density at radius 1 is 1.09 bits per heavy atom. The Bertz CT molecular complexity index is 1350. The zero-order chi connectivity index (χ0) is 24.4. The molecule has 0 spiro atoms. The molecule has 1 aliphatic rings. The van der Waals surface area contributed by atoms with Crippen molar-refractivity contribution < 1.29 is 19.1 Å². The van der Waals surface area contributed by atoms with Crippen LogP contribution in [0.3, 0.4) is 0 Å². The van der Waals surface area contributed by atoms with Crippen LogP contribution in [0.4, 0.5) is 5.69 Å². The van der Waals surface area contributed by atoms with Crippen molar-refractivity contribution in [3.63, 3.8) is 0 Å². The maximum absolute atomic E-state index is 13.2. The highest BCUT2D eigenvalue weighted by atomic mass is 35.5. The molecular weight excluding hydrogens is 477 g/mol. The molecule has 172 valence electrons. The van der Waals surface area contributed by atoms with E-state index in [0.29, 0.717) is 32.7 Å². The van der Waals surface area contributed by atoms with Crippen LogP contribution in [0.1, 0.15) is 31.8 Å². The maximum atomic E-state index is 13.2. The van der Waals surface area contributed by atoms with Gasteiger partial charge in [-0.05, 0) is 53.6 Å². The number of fused-ring (bicyclic) bond motifs is 1. The van der Waals surface area contributed by atoms with Crippen molar-refractivity contribution in [1.29, 1.82) is 0 Å². The number of anilines is 1. The highest BCUT2D eigenvalue weighted by Gasteiger charge is 2.33. The number of ketones is 1. The first-order valence-corrected chi connectivity index (χ1v) is 10.9. The number of likely N-dealkylation sites (N-methyl/N-ethyl adjacent to an activating group) is 1. The highest BCUT2D eigenvalue weighted by molar-refractivity contribution is 6.42. The van der Waals surface area contributed by atoms with Crippen molar-refractivity contribution in [2.75, 3.05) is 19.1 Å². The molecule has 2 aromatic carbocycles. The monoisotopic (exact) mass is 495 g/mol. The molecule has 3 aromatic rings. The number of carbonyl (C=O) groups excluding carboxylic acids is 3. The number of pyridine rings is 1. The summed E-state index contributed by atoms with van der Waals surface area (Å²) in [5.74, 6) is -0.842. The summed E-state index contributed by atoms with van der Waals surface area (Å²) < 4.78 is 5.09. The van der Waals surface area contributed by atoms with Crippen LogP contribution in [0.5, 0.6) is 5.88 Å². The molecule has 34 heavy (non-hydrogen) atoms. The number of amides is 2. The van der Waals surface area contributed by atoms with Crippen molar-refractivity contribution >= 4 is 52.6 Å². The number of Topliss-reactive ketones (excluding diaryl/α,β-unsaturated/α-hetero) is 1. The van der Waals surface area contributed by atoms with Crippen LogP contribution in [-0.4, -0.2) is 36.7 Å². The lowest BCUT2D eigenvalue weighted by atomic mass is 9.92. The van der Waals surface area contributed by atoms with Crippen molar-refractivity contribution in [1.82, 2.24) is 10.3 Å². The average Bonchev–Trinajstić information content (AvgIpc) is 2.85. The normalized spacial score (nSPS) is 14.2. The lowest BCUT2D eigenvalue weighted by molar-refractivity contribution is -0.114. The zero-order valence-electron chi connectivity index (χ0n) is 18.3. The van der Waals surface area contributed by atoms with E-state index in [1.54, 1.807) is 55.7 Å². The van der Waals surface area contributed by atoms with E-state index in [-0.39, 0.29) is 23.6 Å². The van der Waals surface area contributed by atoms with Gasteiger partial charge in [-0.25, -0.2) is 4.98 Å². The molecule has 1 aromatic heterocycles. The number of nitrogens with one attached hydrogen (secondary N) is 1. The van der Waals surface area contributed by atoms with Crippen LogP contribution in [0, 0.1) is 0 Å². The van der Waals surface area contributed by atoms with Gasteiger partial charge in [0.05, 0.1) is 28.4 Å². The predicted octanol–water partition coefficient (Wildman–Crippen LogP) is 4.57. The SMILES string of the molecule is COc1cc(CNC(=O)c2ccc3c(c2)C(=O)/C(=C/c2ccc(Cl)c(Cl)c2)C(=O)N3C)ccn1. The molecule has 0 saturated heterocycles. The largest absolute Gasteiger partial charge is 0.481 e. The Morgan fingerprint density at radius 3 is 2.62 bits per heavy atom. The number of methoxy groups -OCH3 is 1. The number of halogens is 2. The minimum atomic E-state index is -0.474. The summed E-state index contributed by atoms with van der Waals surface area (Å²) in [4.78, 5) is 44.3. The Labute approximate surface area is 206 Å². The van der Waals surface area contributed by atoms with Crippen molar-refractivity contribution in [2.24, 2.45) is 0 Å². The summed E-state index contributed by atoms with van der Waals surface area (Å²) in [6.45, 7) is 0.254. The molecule has 0 bridgehead atoms. The average molecular weight is 496 g/mol. The standard InChI is InChI=1S/C25H19Cl2N3O4/c1-30-21-6-4-16(24(32)29-13-15-7-8-28-22(11-15)34-2)12-17(21)23(31)18(25(30)33)9-14-3-5-19(26)20(27)10-14/h3-12H,13H2,1-2H3,(H,29,32)/b18-9-. The number of nitrogens with zero attached hydrogens (tertiary/aromatic N) is 2. The van der Waals surface area contributed by atoms with Gasteiger partial charge in [-0.2, -0.15) is 0 Å². The first-order chi connectivity index (χ1) is 16.3. The van der Waals surface area contributed by atoms with Gasteiger partial charge in [0.2, 0.25) is 11.7 Å². The molecule has 9 heteroatoms. The summed E-state index contributed by atoms with van der Waals surface area (Å²) in [5, 5.41) is 3.50. The van der Waals surface area contributed by atoms with E-state index < -0.39 is 11.7 Å². The number of benzene rings is 2. The van der Waals surface area contributed by atoms with Gasteiger partial charge in [-0.1, -0.05) is 29.3 Å². The number of hydrogen-bond acceptors (Lipinski definition) is 5. The van der Waals surface area contributed by atoms with Gasteiger partial charge < -0.3 is 15.0 Å². The highest BCUT2D eigenvalue weighted by Crippen LogP contribution is 2.32.